The van der Waals surface area contributed by atoms with Gasteiger partial charge in [0.2, 0.25) is 0 Å². The largest absolute Gasteiger partial charge is 0.507 e. The van der Waals surface area contributed by atoms with Crippen molar-refractivity contribution < 1.29 is 5.11 Å². The van der Waals surface area contributed by atoms with Gasteiger partial charge in [0, 0.05) is 21.7 Å². The summed E-state index contributed by atoms with van der Waals surface area (Å²) in [6.07, 6.45) is 2.48. The van der Waals surface area contributed by atoms with Crippen molar-refractivity contribution in [2.24, 2.45) is 0 Å². The Morgan fingerprint density at radius 1 is 1.13 bits per heavy atom. The lowest BCUT2D eigenvalue weighted by Crippen LogP contribution is -2.44. The lowest BCUT2D eigenvalue weighted by Gasteiger charge is -2.37. The Morgan fingerprint density at radius 3 is 2.22 bits per heavy atom. The van der Waals surface area contributed by atoms with Gasteiger partial charge in [-0.3, -0.25) is 4.90 Å². The topological polar surface area (TPSA) is 26.7 Å². The highest BCUT2D eigenvalue weighted by Crippen LogP contribution is 2.29. The molecule has 0 spiro atoms. The fraction of sp³-hybridized carbons (Fsp3) is 0.625. The molecular formula is C16H26Cl2I2N2O. The zero-order valence-corrected chi connectivity index (χ0v) is 19.5. The molecule has 23 heavy (non-hydrogen) atoms. The van der Waals surface area contributed by atoms with E-state index in [2.05, 4.69) is 74.9 Å². The van der Waals surface area contributed by atoms with Crippen LogP contribution in [0.3, 0.4) is 0 Å². The molecule has 1 saturated heterocycles. The normalized spacial score (nSPS) is 16.0. The van der Waals surface area contributed by atoms with Gasteiger partial charge in [-0.05, 0) is 96.3 Å². The molecule has 1 fully saturated rings. The Hall–Kier alpha value is 0.980. The molecule has 0 amide bonds. The summed E-state index contributed by atoms with van der Waals surface area (Å²) in [7, 11) is 0. The molecule has 0 unspecified atom stereocenters. The van der Waals surface area contributed by atoms with Crippen LogP contribution in [-0.4, -0.2) is 47.1 Å². The molecule has 3 nitrogen and oxygen atoms in total. The molecule has 1 aliphatic heterocycles. The van der Waals surface area contributed by atoms with Crippen molar-refractivity contribution in [3.63, 3.8) is 0 Å². The third-order valence-corrected chi connectivity index (χ3v) is 5.83. The second kappa shape index (κ2) is 11.6. The molecule has 0 bridgehead atoms. The van der Waals surface area contributed by atoms with E-state index in [0.717, 1.165) is 47.9 Å². The fourth-order valence-electron chi connectivity index (χ4n) is 3.16. The number of likely N-dealkylation sites (tertiary alicyclic amines) is 1. The van der Waals surface area contributed by atoms with Gasteiger partial charge in [-0.2, -0.15) is 0 Å². The lowest BCUT2D eigenvalue weighted by atomic mass is 10.0. The minimum atomic E-state index is 0. The van der Waals surface area contributed by atoms with Crippen molar-refractivity contribution in [1.29, 1.82) is 0 Å². The summed E-state index contributed by atoms with van der Waals surface area (Å²) in [5.41, 5.74) is 1.06. The van der Waals surface area contributed by atoms with Gasteiger partial charge < -0.3 is 10.0 Å². The third-order valence-electron chi connectivity index (χ3n) is 4.39. The minimum absolute atomic E-state index is 0. The molecular weight excluding hydrogens is 561 g/mol. The molecule has 2 rings (SSSR count). The standard InChI is InChI=1S/C16H24I2N2O.2ClH/c1-3-20(4-2)14-5-7-19(8-6-14)11-12-9-13(17)10-15(18)16(12)21;;/h9-10,14,21H,3-8,11H2,1-2H3;2*1H. The Bertz CT molecular complexity index is 479. The van der Waals surface area contributed by atoms with E-state index in [1.54, 1.807) is 0 Å². The maximum atomic E-state index is 10.2. The number of aromatic hydroxyl groups is 1. The van der Waals surface area contributed by atoms with Crippen LogP contribution in [0.25, 0.3) is 0 Å². The molecule has 1 aliphatic rings. The van der Waals surface area contributed by atoms with Gasteiger partial charge in [-0.15, -0.1) is 24.8 Å². The first kappa shape index (κ1) is 24.0. The minimum Gasteiger partial charge on any atom is -0.507 e. The van der Waals surface area contributed by atoms with Gasteiger partial charge in [0.15, 0.2) is 0 Å². The summed E-state index contributed by atoms with van der Waals surface area (Å²) in [5, 5.41) is 10.2. The lowest BCUT2D eigenvalue weighted by molar-refractivity contribution is 0.112. The van der Waals surface area contributed by atoms with Crippen LogP contribution in [0.2, 0.25) is 0 Å². The number of hydrogen-bond acceptors (Lipinski definition) is 3. The van der Waals surface area contributed by atoms with E-state index in [4.69, 9.17) is 0 Å². The summed E-state index contributed by atoms with van der Waals surface area (Å²) >= 11 is 4.53. The van der Waals surface area contributed by atoms with Gasteiger partial charge in [0.1, 0.15) is 5.75 Å². The third kappa shape index (κ3) is 6.66. The highest BCUT2D eigenvalue weighted by Gasteiger charge is 2.23. The average molecular weight is 587 g/mol. The summed E-state index contributed by atoms with van der Waals surface area (Å²) in [6.45, 7) is 9.92. The predicted molar refractivity (Wildman–Crippen MR) is 119 cm³/mol. The van der Waals surface area contributed by atoms with Crippen LogP contribution in [0.15, 0.2) is 12.1 Å². The van der Waals surface area contributed by atoms with Crippen LogP contribution in [0.5, 0.6) is 5.75 Å². The van der Waals surface area contributed by atoms with Crippen molar-refractivity contribution >= 4 is 70.0 Å². The van der Waals surface area contributed by atoms with Crippen molar-refractivity contribution in [2.45, 2.75) is 39.3 Å². The average Bonchev–Trinajstić information content (AvgIpc) is 2.47. The van der Waals surface area contributed by atoms with E-state index in [1.807, 2.05) is 6.07 Å². The van der Waals surface area contributed by atoms with Crippen molar-refractivity contribution in [1.82, 2.24) is 9.80 Å². The number of piperidine rings is 1. The molecule has 1 aromatic rings. The van der Waals surface area contributed by atoms with E-state index in [9.17, 15) is 5.11 Å². The quantitative estimate of drug-likeness (QED) is 0.505. The number of benzene rings is 1. The van der Waals surface area contributed by atoms with Crippen LogP contribution in [0.4, 0.5) is 0 Å². The Labute approximate surface area is 179 Å². The molecule has 0 aliphatic carbocycles. The number of nitrogens with zero attached hydrogens (tertiary/aromatic N) is 2. The second-order valence-corrected chi connectivity index (χ2v) is 8.03. The molecule has 7 heteroatoms. The van der Waals surface area contributed by atoms with Crippen molar-refractivity contribution in [2.75, 3.05) is 26.2 Å². The van der Waals surface area contributed by atoms with E-state index < -0.39 is 0 Å². The Balaban J connectivity index is 0.00000242. The number of rotatable bonds is 5. The van der Waals surface area contributed by atoms with Gasteiger partial charge in [-0.1, -0.05) is 13.8 Å². The van der Waals surface area contributed by atoms with Gasteiger partial charge in [0.05, 0.1) is 3.57 Å². The Morgan fingerprint density at radius 2 is 1.70 bits per heavy atom. The van der Waals surface area contributed by atoms with Gasteiger partial charge >= 0.3 is 0 Å². The summed E-state index contributed by atoms with van der Waals surface area (Å²) in [4.78, 5) is 5.05. The summed E-state index contributed by atoms with van der Waals surface area (Å²) in [5.74, 6) is 0.460. The van der Waals surface area contributed by atoms with Crippen LogP contribution >= 0.6 is 70.0 Å². The number of hydrogen-bond donors (Lipinski definition) is 1. The monoisotopic (exact) mass is 586 g/mol. The van der Waals surface area contributed by atoms with Crippen molar-refractivity contribution in [3.8, 4) is 5.75 Å². The van der Waals surface area contributed by atoms with Gasteiger partial charge in [0.25, 0.3) is 0 Å². The van der Waals surface area contributed by atoms with Crippen LogP contribution < -0.4 is 0 Å². The first-order chi connectivity index (χ1) is 10.0. The molecule has 1 heterocycles. The predicted octanol–water partition coefficient (Wildman–Crippen LogP) is 4.75. The Kier molecular flexibility index (Phi) is 12.1. The van der Waals surface area contributed by atoms with E-state index in [1.165, 1.54) is 16.4 Å². The highest BCUT2D eigenvalue weighted by atomic mass is 127. The van der Waals surface area contributed by atoms with E-state index in [0.29, 0.717) is 5.75 Å². The number of phenolic OH excluding ortho intramolecular Hbond substituents is 1. The SMILES string of the molecule is CCN(CC)C1CCN(Cc2cc(I)cc(I)c2O)CC1.Cl.Cl. The molecule has 1 aromatic carbocycles. The molecule has 134 valence electrons. The maximum absolute atomic E-state index is 10.2. The molecule has 1 N–H and O–H groups in total. The number of halogens is 4. The fourth-order valence-corrected chi connectivity index (χ4v) is 5.13. The van der Waals surface area contributed by atoms with Crippen molar-refractivity contribution in [3.05, 3.63) is 24.8 Å². The van der Waals surface area contributed by atoms with E-state index >= 15 is 0 Å². The summed E-state index contributed by atoms with van der Waals surface area (Å²) in [6, 6.07) is 4.86. The maximum Gasteiger partial charge on any atom is 0.133 e. The molecule has 0 radical (unpaired) electrons. The smallest absolute Gasteiger partial charge is 0.133 e. The summed E-state index contributed by atoms with van der Waals surface area (Å²) < 4.78 is 2.15. The second-order valence-electron chi connectivity index (χ2n) is 5.62. The van der Waals surface area contributed by atoms with Crippen LogP contribution in [-0.2, 0) is 6.54 Å². The van der Waals surface area contributed by atoms with Crippen LogP contribution in [0.1, 0.15) is 32.3 Å². The van der Waals surface area contributed by atoms with Crippen LogP contribution in [0, 0.1) is 7.14 Å². The number of phenols is 1. The first-order valence-corrected chi connectivity index (χ1v) is 9.84. The molecule has 0 atom stereocenters. The molecule has 0 aromatic heterocycles. The zero-order valence-electron chi connectivity index (χ0n) is 13.6. The van der Waals surface area contributed by atoms with Gasteiger partial charge in [-0.25, -0.2) is 0 Å². The first-order valence-electron chi connectivity index (χ1n) is 7.68. The van der Waals surface area contributed by atoms with E-state index in [-0.39, 0.29) is 24.8 Å². The zero-order chi connectivity index (χ0) is 15.4. The highest BCUT2D eigenvalue weighted by molar-refractivity contribution is 14.1. The molecule has 0 saturated carbocycles.